The predicted molar refractivity (Wildman–Crippen MR) is 82.4 cm³/mol. The van der Waals surface area contributed by atoms with E-state index in [1.54, 1.807) is 24.3 Å². The number of hydrogen-bond acceptors (Lipinski definition) is 3. The molecule has 1 heterocycles. The van der Waals surface area contributed by atoms with Gasteiger partial charge in [-0.25, -0.2) is 0 Å². The summed E-state index contributed by atoms with van der Waals surface area (Å²) in [4.78, 5) is 25.7. The van der Waals surface area contributed by atoms with Crippen LogP contribution in [0.4, 0.5) is 0 Å². The van der Waals surface area contributed by atoms with E-state index in [0.717, 1.165) is 13.0 Å². The van der Waals surface area contributed by atoms with Gasteiger partial charge in [0.1, 0.15) is 8.24 Å². The summed E-state index contributed by atoms with van der Waals surface area (Å²) in [6.07, 6.45) is 0.826. The fourth-order valence-electron chi connectivity index (χ4n) is 2.24. The number of fused-ring (bicyclic) bond motifs is 1. The van der Waals surface area contributed by atoms with Gasteiger partial charge in [-0.2, -0.15) is 0 Å². The van der Waals surface area contributed by atoms with Crippen molar-refractivity contribution in [3.63, 3.8) is 0 Å². The van der Waals surface area contributed by atoms with Gasteiger partial charge in [-0.1, -0.05) is 31.8 Å². The molecule has 0 saturated heterocycles. The van der Waals surface area contributed by atoms with Crippen LogP contribution in [0.1, 0.15) is 27.1 Å². The van der Waals surface area contributed by atoms with Crippen LogP contribution in [0.25, 0.3) is 0 Å². The van der Waals surface area contributed by atoms with Gasteiger partial charge in [0.05, 0.1) is 11.1 Å². The van der Waals surface area contributed by atoms with E-state index in [9.17, 15) is 9.59 Å². The average molecular weight is 290 g/mol. The van der Waals surface area contributed by atoms with Crippen LogP contribution in [0.5, 0.6) is 0 Å². The number of carbonyl (C=O) groups excluding carboxylic acids is 2. The zero-order valence-electron chi connectivity index (χ0n) is 12.6. The molecule has 0 unspecified atom stereocenters. The van der Waals surface area contributed by atoms with E-state index >= 15 is 0 Å². The maximum atomic E-state index is 12.2. The minimum absolute atomic E-state index is 0.152. The highest BCUT2D eigenvalue weighted by Gasteiger charge is 2.34. The summed E-state index contributed by atoms with van der Waals surface area (Å²) in [5.74, 6) is -0.303. The minimum Gasteiger partial charge on any atom is -0.327 e. The number of nitrogens with zero attached hydrogens (tertiary/aromatic N) is 2. The third-order valence-corrected chi connectivity index (χ3v) is 6.41. The van der Waals surface area contributed by atoms with Crippen LogP contribution in [0.15, 0.2) is 24.3 Å². The second-order valence-corrected chi connectivity index (χ2v) is 11.4. The standard InChI is InChI=1S/C15H22N2O2Si/c1-16(20(2,3)4)10-7-11-17-14(18)12-8-5-6-9-13(12)15(17)19/h5-6,8-9H,7,10-11H2,1-4H3. The predicted octanol–water partition coefficient (Wildman–Crippen LogP) is 2.44. The van der Waals surface area contributed by atoms with Gasteiger partial charge in [0.15, 0.2) is 0 Å². The van der Waals surface area contributed by atoms with Crippen LogP contribution in [-0.4, -0.2) is 49.7 Å². The molecule has 4 nitrogen and oxygen atoms in total. The molecule has 0 atom stereocenters. The molecule has 1 aliphatic heterocycles. The first-order valence-electron chi connectivity index (χ1n) is 6.99. The van der Waals surface area contributed by atoms with Gasteiger partial charge in [-0.15, -0.1) is 0 Å². The molecule has 1 aliphatic rings. The summed E-state index contributed by atoms with van der Waals surface area (Å²) >= 11 is 0. The van der Waals surface area contributed by atoms with Crippen molar-refractivity contribution >= 4 is 20.0 Å². The first-order valence-corrected chi connectivity index (χ1v) is 10.4. The molecule has 2 rings (SSSR count). The Hall–Kier alpha value is -1.46. The van der Waals surface area contributed by atoms with E-state index < -0.39 is 8.24 Å². The van der Waals surface area contributed by atoms with Crippen molar-refractivity contribution in [2.24, 2.45) is 0 Å². The van der Waals surface area contributed by atoms with E-state index in [1.165, 1.54) is 4.90 Å². The van der Waals surface area contributed by atoms with Gasteiger partial charge < -0.3 is 4.57 Å². The summed E-state index contributed by atoms with van der Waals surface area (Å²) in [6.45, 7) is 8.28. The van der Waals surface area contributed by atoms with E-state index in [2.05, 4.69) is 31.3 Å². The van der Waals surface area contributed by atoms with Crippen molar-refractivity contribution in [1.82, 2.24) is 9.47 Å². The molecule has 0 spiro atoms. The molecular weight excluding hydrogens is 268 g/mol. The summed E-state index contributed by atoms with van der Waals surface area (Å²) in [6, 6.07) is 7.05. The Labute approximate surface area is 121 Å². The smallest absolute Gasteiger partial charge is 0.261 e. The van der Waals surface area contributed by atoms with Crippen LogP contribution in [0.2, 0.25) is 19.6 Å². The monoisotopic (exact) mass is 290 g/mol. The summed E-state index contributed by atoms with van der Waals surface area (Å²) in [5.41, 5.74) is 1.08. The maximum Gasteiger partial charge on any atom is 0.261 e. The number of hydrogen-bond donors (Lipinski definition) is 0. The van der Waals surface area contributed by atoms with Crippen LogP contribution in [0.3, 0.4) is 0 Å². The number of rotatable bonds is 5. The normalized spacial score (nSPS) is 15.2. The van der Waals surface area contributed by atoms with Crippen LogP contribution >= 0.6 is 0 Å². The first kappa shape index (κ1) is 14.9. The fourth-order valence-corrected chi connectivity index (χ4v) is 3.07. The third-order valence-electron chi connectivity index (χ3n) is 3.90. The molecule has 2 amide bonds. The van der Waals surface area contributed by atoms with Gasteiger partial charge in [0, 0.05) is 6.54 Å². The van der Waals surface area contributed by atoms with Crippen LogP contribution in [-0.2, 0) is 0 Å². The average Bonchev–Trinajstić information content (AvgIpc) is 2.63. The molecule has 0 aliphatic carbocycles. The third kappa shape index (κ3) is 2.83. The lowest BCUT2D eigenvalue weighted by Crippen LogP contribution is -2.44. The molecule has 0 aromatic heterocycles. The maximum absolute atomic E-state index is 12.2. The minimum atomic E-state index is -1.29. The van der Waals surface area contributed by atoms with Crippen molar-refractivity contribution < 1.29 is 9.59 Å². The topological polar surface area (TPSA) is 40.6 Å². The van der Waals surface area contributed by atoms with Crippen molar-refractivity contribution in [2.75, 3.05) is 20.1 Å². The van der Waals surface area contributed by atoms with Crippen molar-refractivity contribution in [1.29, 1.82) is 0 Å². The Kier molecular flexibility index (Phi) is 4.11. The largest absolute Gasteiger partial charge is 0.327 e. The van der Waals surface area contributed by atoms with Crippen molar-refractivity contribution in [3.05, 3.63) is 35.4 Å². The highest BCUT2D eigenvalue weighted by molar-refractivity contribution is 6.73. The number of amides is 2. The fraction of sp³-hybridized carbons (Fsp3) is 0.467. The van der Waals surface area contributed by atoms with Gasteiger partial charge in [-0.05, 0) is 32.1 Å². The zero-order chi connectivity index (χ0) is 14.9. The van der Waals surface area contributed by atoms with Crippen LogP contribution in [0, 0.1) is 0 Å². The quantitative estimate of drug-likeness (QED) is 0.618. The van der Waals surface area contributed by atoms with Crippen molar-refractivity contribution in [3.8, 4) is 0 Å². The highest BCUT2D eigenvalue weighted by atomic mass is 28.3. The highest BCUT2D eigenvalue weighted by Crippen LogP contribution is 2.22. The Morgan fingerprint density at radius 1 is 1.05 bits per heavy atom. The number of imide groups is 1. The molecule has 1 aromatic rings. The Balaban J connectivity index is 1.96. The molecule has 0 N–H and O–H groups in total. The molecule has 0 saturated carbocycles. The van der Waals surface area contributed by atoms with E-state index in [0.29, 0.717) is 17.7 Å². The summed E-state index contributed by atoms with van der Waals surface area (Å²) in [5, 5.41) is 0. The van der Waals surface area contributed by atoms with Crippen LogP contribution < -0.4 is 0 Å². The molecule has 108 valence electrons. The Bertz CT molecular complexity index is 502. The molecule has 0 radical (unpaired) electrons. The van der Waals surface area contributed by atoms with Crippen molar-refractivity contribution in [2.45, 2.75) is 26.1 Å². The summed E-state index contributed by atoms with van der Waals surface area (Å²) < 4.78 is 2.37. The molecule has 1 aromatic carbocycles. The second kappa shape index (κ2) is 5.50. The lowest BCUT2D eigenvalue weighted by Gasteiger charge is -2.30. The van der Waals surface area contributed by atoms with E-state index in [4.69, 9.17) is 0 Å². The van der Waals surface area contributed by atoms with Gasteiger partial charge >= 0.3 is 0 Å². The Morgan fingerprint density at radius 2 is 1.55 bits per heavy atom. The first-order chi connectivity index (χ1) is 9.32. The Morgan fingerprint density at radius 3 is 2.00 bits per heavy atom. The molecular formula is C15H22N2O2Si. The molecule has 0 bridgehead atoms. The zero-order valence-corrected chi connectivity index (χ0v) is 13.6. The lowest BCUT2D eigenvalue weighted by atomic mass is 10.1. The molecule has 0 fully saturated rings. The molecule has 5 heteroatoms. The van der Waals surface area contributed by atoms with E-state index in [1.807, 2.05) is 0 Å². The second-order valence-electron chi connectivity index (χ2n) is 6.25. The van der Waals surface area contributed by atoms with E-state index in [-0.39, 0.29) is 11.8 Å². The number of carbonyl (C=O) groups is 2. The van der Waals surface area contributed by atoms with Gasteiger partial charge in [0.25, 0.3) is 11.8 Å². The number of benzene rings is 1. The molecule has 20 heavy (non-hydrogen) atoms. The van der Waals surface area contributed by atoms with Gasteiger partial charge in [-0.3, -0.25) is 14.5 Å². The lowest BCUT2D eigenvalue weighted by molar-refractivity contribution is 0.0651. The SMILES string of the molecule is CN(CCCN1C(=O)c2ccccc2C1=O)[Si](C)(C)C. The van der Waals surface area contributed by atoms with Gasteiger partial charge in [0.2, 0.25) is 0 Å². The summed E-state index contributed by atoms with van der Waals surface area (Å²) in [7, 11) is 0.830.